The zero-order chi connectivity index (χ0) is 12.0. The van der Waals surface area contributed by atoms with Crippen LogP contribution < -0.4 is 19.9 Å². The van der Waals surface area contributed by atoms with Crippen molar-refractivity contribution in [2.75, 3.05) is 27.9 Å². The van der Waals surface area contributed by atoms with Gasteiger partial charge in [-0.15, -0.1) is 0 Å². The summed E-state index contributed by atoms with van der Waals surface area (Å²) in [6, 6.07) is 3.64. The number of rotatable bonds is 5. The van der Waals surface area contributed by atoms with E-state index in [1.807, 2.05) is 18.2 Å². The van der Waals surface area contributed by atoms with Gasteiger partial charge in [0.1, 0.15) is 5.75 Å². The molecule has 0 aliphatic rings. The van der Waals surface area contributed by atoms with Gasteiger partial charge in [0.25, 0.3) is 0 Å². The fraction of sp³-hybridized carbons (Fsp3) is 0.333. The van der Waals surface area contributed by atoms with E-state index < -0.39 is 0 Å². The lowest BCUT2D eigenvalue weighted by Crippen LogP contribution is -1.95. The molecule has 0 heterocycles. The lowest BCUT2D eigenvalue weighted by Gasteiger charge is -2.11. The predicted molar refractivity (Wildman–Crippen MR) is 64.2 cm³/mol. The molecular formula is C12H17NO3. The first-order valence-electron chi connectivity index (χ1n) is 4.93. The maximum Gasteiger partial charge on any atom is 0.164 e. The summed E-state index contributed by atoms with van der Waals surface area (Å²) in [6.45, 7) is 0.484. The molecule has 1 rings (SSSR count). The summed E-state index contributed by atoms with van der Waals surface area (Å²) in [5.74, 6) is 2.03. The summed E-state index contributed by atoms with van der Waals surface area (Å²) >= 11 is 0. The second-order valence-electron chi connectivity index (χ2n) is 3.09. The molecule has 1 aromatic rings. The number of methoxy groups -OCH3 is 3. The van der Waals surface area contributed by atoms with Gasteiger partial charge in [-0.1, -0.05) is 12.2 Å². The molecule has 0 spiro atoms. The van der Waals surface area contributed by atoms with E-state index >= 15 is 0 Å². The van der Waals surface area contributed by atoms with Crippen LogP contribution in [0.3, 0.4) is 0 Å². The summed E-state index contributed by atoms with van der Waals surface area (Å²) < 4.78 is 15.7. The van der Waals surface area contributed by atoms with Crippen molar-refractivity contribution in [2.45, 2.75) is 0 Å². The molecule has 0 saturated carbocycles. The van der Waals surface area contributed by atoms with Crippen LogP contribution in [-0.4, -0.2) is 27.9 Å². The second-order valence-corrected chi connectivity index (χ2v) is 3.09. The Labute approximate surface area is 95.6 Å². The highest BCUT2D eigenvalue weighted by Gasteiger charge is 2.09. The Morgan fingerprint density at radius 3 is 2.06 bits per heavy atom. The number of ether oxygens (including phenoxy) is 3. The van der Waals surface area contributed by atoms with Crippen molar-refractivity contribution in [1.82, 2.24) is 0 Å². The third-order valence-corrected chi connectivity index (χ3v) is 2.17. The Kier molecular flexibility index (Phi) is 4.66. The minimum atomic E-state index is 0.484. The van der Waals surface area contributed by atoms with Crippen LogP contribution in [0.5, 0.6) is 17.2 Å². The highest BCUT2D eigenvalue weighted by Crippen LogP contribution is 2.35. The molecule has 0 atom stereocenters. The van der Waals surface area contributed by atoms with Crippen LogP contribution >= 0.6 is 0 Å². The molecule has 0 aliphatic carbocycles. The molecule has 0 bridgehead atoms. The van der Waals surface area contributed by atoms with E-state index in [1.54, 1.807) is 27.4 Å². The van der Waals surface area contributed by atoms with Gasteiger partial charge in [-0.25, -0.2) is 0 Å². The quantitative estimate of drug-likeness (QED) is 0.825. The van der Waals surface area contributed by atoms with Crippen LogP contribution in [0.2, 0.25) is 0 Å². The van der Waals surface area contributed by atoms with Gasteiger partial charge in [0.15, 0.2) is 11.5 Å². The summed E-state index contributed by atoms with van der Waals surface area (Å²) in [5, 5.41) is 0. The molecule has 16 heavy (non-hydrogen) atoms. The van der Waals surface area contributed by atoms with E-state index in [0.29, 0.717) is 18.0 Å². The van der Waals surface area contributed by atoms with Crippen LogP contribution in [0.15, 0.2) is 18.2 Å². The third-order valence-electron chi connectivity index (χ3n) is 2.17. The van der Waals surface area contributed by atoms with Gasteiger partial charge in [0, 0.05) is 18.2 Å². The molecule has 4 nitrogen and oxygen atoms in total. The Morgan fingerprint density at radius 2 is 1.56 bits per heavy atom. The van der Waals surface area contributed by atoms with E-state index in [9.17, 15) is 0 Å². The van der Waals surface area contributed by atoms with Crippen molar-refractivity contribution >= 4 is 6.08 Å². The fourth-order valence-electron chi connectivity index (χ4n) is 1.38. The molecule has 4 heteroatoms. The van der Waals surface area contributed by atoms with Crippen molar-refractivity contribution in [2.24, 2.45) is 5.73 Å². The lowest BCUT2D eigenvalue weighted by molar-refractivity contribution is 0.348. The minimum absolute atomic E-state index is 0.484. The summed E-state index contributed by atoms with van der Waals surface area (Å²) in [6.07, 6.45) is 3.74. The Balaban J connectivity index is 3.20. The number of hydrogen-bond acceptors (Lipinski definition) is 4. The van der Waals surface area contributed by atoms with Crippen LogP contribution in [0.1, 0.15) is 5.56 Å². The third kappa shape index (κ3) is 2.67. The average Bonchev–Trinajstić information content (AvgIpc) is 2.35. The van der Waals surface area contributed by atoms with Crippen LogP contribution in [0.4, 0.5) is 0 Å². The summed E-state index contributed by atoms with van der Waals surface area (Å²) in [5.41, 5.74) is 6.32. The van der Waals surface area contributed by atoms with Crippen molar-refractivity contribution in [3.8, 4) is 17.2 Å². The van der Waals surface area contributed by atoms with Crippen LogP contribution in [0.25, 0.3) is 6.08 Å². The predicted octanol–water partition coefficient (Wildman–Crippen LogP) is 1.68. The highest BCUT2D eigenvalue weighted by atomic mass is 16.5. The van der Waals surface area contributed by atoms with Crippen molar-refractivity contribution < 1.29 is 14.2 Å². The van der Waals surface area contributed by atoms with Gasteiger partial charge in [-0.2, -0.15) is 0 Å². The molecule has 0 aromatic heterocycles. The molecule has 2 N–H and O–H groups in total. The molecule has 0 fully saturated rings. The molecule has 0 radical (unpaired) electrons. The van der Waals surface area contributed by atoms with Crippen molar-refractivity contribution in [3.63, 3.8) is 0 Å². The average molecular weight is 223 g/mol. The monoisotopic (exact) mass is 223 g/mol. The summed E-state index contributed by atoms with van der Waals surface area (Å²) in [4.78, 5) is 0. The molecule has 0 unspecified atom stereocenters. The Hall–Kier alpha value is -1.68. The zero-order valence-electron chi connectivity index (χ0n) is 9.82. The smallest absolute Gasteiger partial charge is 0.164 e. The highest BCUT2D eigenvalue weighted by molar-refractivity contribution is 5.63. The minimum Gasteiger partial charge on any atom is -0.496 e. The molecule has 88 valence electrons. The van der Waals surface area contributed by atoms with Crippen molar-refractivity contribution in [3.05, 3.63) is 23.8 Å². The molecule has 0 aliphatic heterocycles. The van der Waals surface area contributed by atoms with Gasteiger partial charge >= 0.3 is 0 Å². The zero-order valence-corrected chi connectivity index (χ0v) is 9.82. The number of benzene rings is 1. The van der Waals surface area contributed by atoms with Gasteiger partial charge in [-0.05, 0) is 6.07 Å². The van der Waals surface area contributed by atoms with Gasteiger partial charge < -0.3 is 19.9 Å². The molecule has 0 saturated heterocycles. The van der Waals surface area contributed by atoms with Crippen LogP contribution in [0, 0.1) is 0 Å². The summed E-state index contributed by atoms with van der Waals surface area (Å²) in [7, 11) is 4.80. The topological polar surface area (TPSA) is 53.7 Å². The fourth-order valence-corrected chi connectivity index (χ4v) is 1.38. The first-order valence-corrected chi connectivity index (χ1v) is 4.93. The maximum absolute atomic E-state index is 5.41. The van der Waals surface area contributed by atoms with E-state index in [2.05, 4.69) is 0 Å². The second kappa shape index (κ2) is 6.02. The first kappa shape index (κ1) is 12.4. The number of hydrogen-bond donors (Lipinski definition) is 1. The Bertz CT molecular complexity index is 375. The Morgan fingerprint density at radius 1 is 1.00 bits per heavy atom. The molecule has 1 aromatic carbocycles. The number of nitrogens with two attached hydrogens (primary N) is 1. The van der Waals surface area contributed by atoms with E-state index in [1.165, 1.54) is 0 Å². The lowest BCUT2D eigenvalue weighted by atomic mass is 10.1. The van der Waals surface area contributed by atoms with Gasteiger partial charge in [0.2, 0.25) is 0 Å². The normalized spacial score (nSPS) is 10.5. The molecular weight excluding hydrogens is 206 g/mol. The van der Waals surface area contributed by atoms with E-state index in [0.717, 1.165) is 11.3 Å². The first-order chi connectivity index (χ1) is 7.76. The SMILES string of the molecule is COc1cc(OC)c(OC)cc1/C=C/CN. The molecule has 0 amide bonds. The standard InChI is InChI=1S/C12H17NO3/c1-14-10-8-12(16-3)11(15-2)7-9(10)5-4-6-13/h4-5,7-8H,6,13H2,1-3H3/b5-4+. The van der Waals surface area contributed by atoms with Gasteiger partial charge in [0.05, 0.1) is 21.3 Å². The van der Waals surface area contributed by atoms with E-state index in [4.69, 9.17) is 19.9 Å². The van der Waals surface area contributed by atoms with Crippen LogP contribution in [-0.2, 0) is 0 Å². The maximum atomic E-state index is 5.41. The largest absolute Gasteiger partial charge is 0.496 e. The van der Waals surface area contributed by atoms with Crippen molar-refractivity contribution in [1.29, 1.82) is 0 Å². The van der Waals surface area contributed by atoms with E-state index in [-0.39, 0.29) is 0 Å². The van der Waals surface area contributed by atoms with Gasteiger partial charge in [-0.3, -0.25) is 0 Å².